The first-order valence-corrected chi connectivity index (χ1v) is 6.10. The predicted molar refractivity (Wildman–Crippen MR) is 78.4 cm³/mol. The van der Waals surface area contributed by atoms with Gasteiger partial charge in [-0.15, -0.1) is 0 Å². The molecule has 2 rings (SSSR count). The van der Waals surface area contributed by atoms with Crippen molar-refractivity contribution in [2.45, 2.75) is 0 Å². The first-order valence-electron chi connectivity index (χ1n) is 6.10. The molecule has 1 amide bonds. The number of carbonyl (C=O) groups is 1. The number of benzene rings is 2. The van der Waals surface area contributed by atoms with Crippen molar-refractivity contribution in [3.8, 4) is 17.6 Å². The monoisotopic (exact) mass is 280 g/mol. The standard InChI is InChI=1S/C16H12N2O3/c17-10-12(8-11-4-6-14(19)7-5-11)16(21)18-13-2-1-3-15(20)9-13/h1-9,19-20H,(H,18,21). The van der Waals surface area contributed by atoms with Crippen molar-refractivity contribution in [3.05, 3.63) is 59.7 Å². The Hall–Kier alpha value is -3.26. The van der Waals surface area contributed by atoms with Crippen LogP contribution in [0.15, 0.2) is 54.1 Å². The van der Waals surface area contributed by atoms with E-state index in [1.54, 1.807) is 24.3 Å². The zero-order valence-corrected chi connectivity index (χ0v) is 10.9. The number of hydrogen-bond acceptors (Lipinski definition) is 4. The maximum absolute atomic E-state index is 12.0. The van der Waals surface area contributed by atoms with Gasteiger partial charge in [-0.3, -0.25) is 4.79 Å². The molecule has 0 saturated carbocycles. The smallest absolute Gasteiger partial charge is 0.266 e. The van der Waals surface area contributed by atoms with E-state index >= 15 is 0 Å². The van der Waals surface area contributed by atoms with Crippen LogP contribution in [-0.2, 0) is 4.79 Å². The van der Waals surface area contributed by atoms with Gasteiger partial charge in [0, 0.05) is 11.8 Å². The number of phenols is 2. The molecule has 0 aliphatic rings. The maximum Gasteiger partial charge on any atom is 0.266 e. The highest BCUT2D eigenvalue weighted by Gasteiger charge is 2.09. The molecule has 0 spiro atoms. The summed E-state index contributed by atoms with van der Waals surface area (Å²) >= 11 is 0. The van der Waals surface area contributed by atoms with Gasteiger partial charge < -0.3 is 15.5 Å². The van der Waals surface area contributed by atoms with E-state index in [0.29, 0.717) is 11.3 Å². The summed E-state index contributed by atoms with van der Waals surface area (Å²) in [6.45, 7) is 0. The molecule has 0 saturated heterocycles. The Morgan fingerprint density at radius 2 is 1.81 bits per heavy atom. The van der Waals surface area contributed by atoms with Crippen LogP contribution >= 0.6 is 0 Å². The molecule has 0 aliphatic heterocycles. The van der Waals surface area contributed by atoms with Crippen LogP contribution in [0.3, 0.4) is 0 Å². The van der Waals surface area contributed by atoms with Gasteiger partial charge in [0.2, 0.25) is 0 Å². The van der Waals surface area contributed by atoms with Crippen LogP contribution in [0.1, 0.15) is 5.56 Å². The molecule has 0 bridgehead atoms. The van der Waals surface area contributed by atoms with E-state index in [1.165, 1.54) is 30.3 Å². The number of anilines is 1. The van der Waals surface area contributed by atoms with Crippen LogP contribution in [0.2, 0.25) is 0 Å². The fourth-order valence-electron chi connectivity index (χ4n) is 1.67. The normalized spacial score (nSPS) is 10.7. The lowest BCUT2D eigenvalue weighted by atomic mass is 10.1. The Labute approximate surface area is 121 Å². The topological polar surface area (TPSA) is 93.3 Å². The van der Waals surface area contributed by atoms with E-state index in [-0.39, 0.29) is 17.1 Å². The molecule has 3 N–H and O–H groups in total. The molecule has 0 atom stereocenters. The van der Waals surface area contributed by atoms with Crippen LogP contribution in [0, 0.1) is 11.3 Å². The Morgan fingerprint density at radius 3 is 2.43 bits per heavy atom. The molecule has 5 nitrogen and oxygen atoms in total. The lowest BCUT2D eigenvalue weighted by molar-refractivity contribution is -0.112. The highest BCUT2D eigenvalue weighted by Crippen LogP contribution is 2.17. The molecule has 21 heavy (non-hydrogen) atoms. The first-order chi connectivity index (χ1) is 10.1. The zero-order valence-electron chi connectivity index (χ0n) is 10.9. The Morgan fingerprint density at radius 1 is 1.10 bits per heavy atom. The average Bonchev–Trinajstić information content (AvgIpc) is 2.46. The summed E-state index contributed by atoms with van der Waals surface area (Å²) in [5.74, 6) is -0.445. The number of amides is 1. The van der Waals surface area contributed by atoms with Crippen molar-refractivity contribution in [3.63, 3.8) is 0 Å². The second-order valence-electron chi connectivity index (χ2n) is 4.27. The third kappa shape index (κ3) is 3.85. The van der Waals surface area contributed by atoms with Crippen molar-refractivity contribution in [1.82, 2.24) is 0 Å². The Balaban J connectivity index is 2.19. The molecular formula is C16H12N2O3. The Kier molecular flexibility index (Phi) is 4.22. The van der Waals surface area contributed by atoms with Crippen LogP contribution in [0.25, 0.3) is 6.08 Å². The number of rotatable bonds is 3. The van der Waals surface area contributed by atoms with E-state index in [2.05, 4.69) is 5.32 Å². The number of nitrogens with one attached hydrogen (secondary N) is 1. The SMILES string of the molecule is N#CC(=Cc1ccc(O)cc1)C(=O)Nc1cccc(O)c1. The highest BCUT2D eigenvalue weighted by atomic mass is 16.3. The summed E-state index contributed by atoms with van der Waals surface area (Å²) < 4.78 is 0. The summed E-state index contributed by atoms with van der Waals surface area (Å²) in [6.07, 6.45) is 1.41. The van der Waals surface area contributed by atoms with Gasteiger partial charge >= 0.3 is 0 Å². The van der Waals surface area contributed by atoms with Gasteiger partial charge in [0.15, 0.2) is 0 Å². The summed E-state index contributed by atoms with van der Waals surface area (Å²) in [7, 11) is 0. The molecule has 2 aromatic rings. The van der Waals surface area contributed by atoms with Crippen molar-refractivity contribution in [2.75, 3.05) is 5.32 Å². The van der Waals surface area contributed by atoms with Crippen LogP contribution in [-0.4, -0.2) is 16.1 Å². The molecule has 2 aromatic carbocycles. The van der Waals surface area contributed by atoms with E-state index in [0.717, 1.165) is 0 Å². The molecule has 0 unspecified atom stereocenters. The molecule has 0 radical (unpaired) electrons. The van der Waals surface area contributed by atoms with Gasteiger partial charge in [-0.05, 0) is 35.9 Å². The molecule has 5 heteroatoms. The van der Waals surface area contributed by atoms with Gasteiger partial charge in [-0.25, -0.2) is 0 Å². The minimum absolute atomic E-state index is 0.0221. The van der Waals surface area contributed by atoms with E-state index in [9.17, 15) is 15.0 Å². The second-order valence-corrected chi connectivity index (χ2v) is 4.27. The van der Waals surface area contributed by atoms with E-state index in [1.807, 2.05) is 6.07 Å². The lowest BCUT2D eigenvalue weighted by Gasteiger charge is -2.04. The summed E-state index contributed by atoms with van der Waals surface area (Å²) in [6, 6.07) is 14.0. The van der Waals surface area contributed by atoms with Crippen molar-refractivity contribution < 1.29 is 15.0 Å². The molecule has 0 fully saturated rings. The Bertz CT molecular complexity index is 728. The molecule has 0 aromatic heterocycles. The predicted octanol–water partition coefficient (Wildman–Crippen LogP) is 2.64. The molecule has 0 aliphatic carbocycles. The van der Waals surface area contributed by atoms with Gasteiger partial charge in [-0.2, -0.15) is 5.26 Å². The molecule has 0 heterocycles. The van der Waals surface area contributed by atoms with Gasteiger partial charge in [0.05, 0.1) is 0 Å². The fraction of sp³-hybridized carbons (Fsp3) is 0. The lowest BCUT2D eigenvalue weighted by Crippen LogP contribution is -2.13. The van der Waals surface area contributed by atoms with Crippen LogP contribution in [0.4, 0.5) is 5.69 Å². The number of phenolic OH excluding ortho intramolecular Hbond substituents is 2. The minimum atomic E-state index is -0.573. The number of carbonyl (C=O) groups excluding carboxylic acids is 1. The summed E-state index contributed by atoms with van der Waals surface area (Å²) in [5.41, 5.74) is 0.936. The van der Waals surface area contributed by atoms with Crippen molar-refractivity contribution in [2.24, 2.45) is 0 Å². The third-order valence-electron chi connectivity index (χ3n) is 2.67. The quantitative estimate of drug-likeness (QED) is 0.595. The van der Waals surface area contributed by atoms with Crippen LogP contribution < -0.4 is 5.32 Å². The van der Waals surface area contributed by atoms with E-state index in [4.69, 9.17) is 5.26 Å². The fourth-order valence-corrected chi connectivity index (χ4v) is 1.67. The summed E-state index contributed by atoms with van der Waals surface area (Å²) in [4.78, 5) is 12.0. The van der Waals surface area contributed by atoms with Gasteiger partial charge in [-0.1, -0.05) is 18.2 Å². The van der Waals surface area contributed by atoms with Crippen molar-refractivity contribution in [1.29, 1.82) is 5.26 Å². The van der Waals surface area contributed by atoms with Gasteiger partial charge in [0.1, 0.15) is 23.1 Å². The highest BCUT2D eigenvalue weighted by molar-refractivity contribution is 6.09. The molecular weight excluding hydrogens is 268 g/mol. The molecule has 104 valence electrons. The number of aromatic hydroxyl groups is 2. The number of nitriles is 1. The third-order valence-corrected chi connectivity index (χ3v) is 2.67. The zero-order chi connectivity index (χ0) is 15.2. The van der Waals surface area contributed by atoms with Crippen molar-refractivity contribution >= 4 is 17.7 Å². The maximum atomic E-state index is 12.0. The average molecular weight is 280 g/mol. The second kappa shape index (κ2) is 6.26. The number of nitrogens with zero attached hydrogens (tertiary/aromatic N) is 1. The summed E-state index contributed by atoms with van der Waals surface area (Å²) in [5, 5.41) is 30.1. The largest absolute Gasteiger partial charge is 0.508 e. The van der Waals surface area contributed by atoms with E-state index < -0.39 is 5.91 Å². The number of hydrogen-bond donors (Lipinski definition) is 3. The van der Waals surface area contributed by atoms with Crippen LogP contribution in [0.5, 0.6) is 11.5 Å². The van der Waals surface area contributed by atoms with Gasteiger partial charge in [0.25, 0.3) is 5.91 Å². The first kappa shape index (κ1) is 14.2. The minimum Gasteiger partial charge on any atom is -0.508 e.